The number of rotatable bonds is 2. The minimum Gasteiger partial charge on any atom is -0.461 e. The van der Waals surface area contributed by atoms with Gasteiger partial charge in [0.05, 0.1) is 6.26 Å². The summed E-state index contributed by atoms with van der Waals surface area (Å²) >= 11 is 0. The van der Waals surface area contributed by atoms with Gasteiger partial charge in [-0.3, -0.25) is 4.79 Å². The lowest BCUT2D eigenvalue weighted by molar-refractivity contribution is 0.0756. The average Bonchev–Trinajstić information content (AvgIpc) is 3.04. The largest absolute Gasteiger partial charge is 0.461 e. The second-order valence-corrected chi connectivity index (χ2v) is 4.45. The van der Waals surface area contributed by atoms with E-state index < -0.39 is 0 Å². The van der Waals surface area contributed by atoms with Gasteiger partial charge in [0.25, 0.3) is 5.91 Å². The zero-order valence-corrected chi connectivity index (χ0v) is 11.7. The first-order chi connectivity index (χ1) is 9.34. The molecular formula is C13H16ClN3O3. The molecule has 0 unspecified atom stereocenters. The molecule has 0 aliphatic carbocycles. The molecule has 20 heavy (non-hydrogen) atoms. The maximum atomic E-state index is 12.3. The van der Waals surface area contributed by atoms with Gasteiger partial charge in [-0.1, -0.05) is 5.16 Å². The smallest absolute Gasteiger partial charge is 0.276 e. The van der Waals surface area contributed by atoms with Gasteiger partial charge in [-0.25, -0.2) is 0 Å². The Morgan fingerprint density at radius 3 is 3.00 bits per heavy atom. The van der Waals surface area contributed by atoms with Crippen molar-refractivity contribution in [3.8, 4) is 11.5 Å². The zero-order valence-electron chi connectivity index (χ0n) is 10.9. The standard InChI is InChI=1S/C13H15N3O3.ClH/c17-13(16-6-2-4-14-5-7-16)10-9-12(19-15-10)11-3-1-8-18-11;/h1,3,8-9,14H,2,4-7H2;1H. The summed E-state index contributed by atoms with van der Waals surface area (Å²) < 4.78 is 10.4. The van der Waals surface area contributed by atoms with E-state index in [1.807, 2.05) is 0 Å². The van der Waals surface area contributed by atoms with Crippen molar-refractivity contribution in [2.45, 2.75) is 6.42 Å². The second kappa shape index (κ2) is 6.58. The van der Waals surface area contributed by atoms with E-state index in [1.54, 1.807) is 29.4 Å². The predicted octanol–water partition coefficient (Wildman–Crippen LogP) is 1.79. The number of nitrogens with zero attached hydrogens (tertiary/aromatic N) is 2. The lowest BCUT2D eigenvalue weighted by atomic mass is 10.3. The van der Waals surface area contributed by atoms with Gasteiger partial charge >= 0.3 is 0 Å². The topological polar surface area (TPSA) is 71.5 Å². The van der Waals surface area contributed by atoms with E-state index in [4.69, 9.17) is 8.94 Å². The Morgan fingerprint density at radius 2 is 2.20 bits per heavy atom. The van der Waals surface area contributed by atoms with Crippen LogP contribution in [0.5, 0.6) is 0 Å². The van der Waals surface area contributed by atoms with E-state index in [1.165, 1.54) is 0 Å². The van der Waals surface area contributed by atoms with Gasteiger partial charge < -0.3 is 19.2 Å². The number of hydrogen-bond donors (Lipinski definition) is 1. The average molecular weight is 298 g/mol. The van der Waals surface area contributed by atoms with Gasteiger partial charge in [-0.2, -0.15) is 0 Å². The Kier molecular flexibility index (Phi) is 4.81. The van der Waals surface area contributed by atoms with Crippen molar-refractivity contribution in [2.75, 3.05) is 26.2 Å². The fourth-order valence-electron chi connectivity index (χ4n) is 2.12. The Labute approximate surface area is 122 Å². The quantitative estimate of drug-likeness (QED) is 0.915. The fraction of sp³-hybridized carbons (Fsp3) is 0.385. The molecule has 1 amide bonds. The molecule has 0 atom stereocenters. The van der Waals surface area contributed by atoms with Gasteiger partial charge in [-0.05, 0) is 25.1 Å². The molecular weight excluding hydrogens is 282 g/mol. The number of carbonyl (C=O) groups excluding carboxylic acids is 1. The molecule has 1 aliphatic heterocycles. The third-order valence-corrected chi connectivity index (χ3v) is 3.12. The van der Waals surface area contributed by atoms with Crippen LogP contribution in [0.1, 0.15) is 16.9 Å². The molecule has 1 saturated heterocycles. The van der Waals surface area contributed by atoms with Crippen molar-refractivity contribution in [3.05, 3.63) is 30.2 Å². The molecule has 1 fully saturated rings. The van der Waals surface area contributed by atoms with Crippen LogP contribution in [0.25, 0.3) is 11.5 Å². The maximum absolute atomic E-state index is 12.3. The molecule has 1 aliphatic rings. The Bertz CT molecular complexity index is 545. The number of hydrogen-bond acceptors (Lipinski definition) is 5. The third kappa shape index (κ3) is 3.02. The summed E-state index contributed by atoms with van der Waals surface area (Å²) in [4.78, 5) is 14.1. The molecule has 1 N–H and O–H groups in total. The highest BCUT2D eigenvalue weighted by atomic mass is 35.5. The Hall–Kier alpha value is -1.79. The van der Waals surface area contributed by atoms with E-state index in [0.29, 0.717) is 23.8 Å². The van der Waals surface area contributed by atoms with Crippen molar-refractivity contribution in [2.24, 2.45) is 0 Å². The number of aromatic nitrogens is 1. The van der Waals surface area contributed by atoms with Crippen LogP contribution in [0.3, 0.4) is 0 Å². The lowest BCUT2D eigenvalue weighted by Gasteiger charge is -2.17. The number of amides is 1. The molecule has 7 heteroatoms. The Balaban J connectivity index is 0.00000147. The molecule has 0 saturated carbocycles. The van der Waals surface area contributed by atoms with E-state index in [9.17, 15) is 4.79 Å². The van der Waals surface area contributed by atoms with Crippen LogP contribution >= 0.6 is 12.4 Å². The lowest BCUT2D eigenvalue weighted by Crippen LogP contribution is -2.34. The molecule has 2 aromatic heterocycles. The summed E-state index contributed by atoms with van der Waals surface area (Å²) in [5.41, 5.74) is 0.327. The van der Waals surface area contributed by atoms with E-state index >= 15 is 0 Å². The van der Waals surface area contributed by atoms with Gasteiger partial charge in [0.2, 0.25) is 5.76 Å². The van der Waals surface area contributed by atoms with Gasteiger partial charge in [0, 0.05) is 25.7 Å². The monoisotopic (exact) mass is 297 g/mol. The van der Waals surface area contributed by atoms with Gasteiger partial charge in [0.15, 0.2) is 11.5 Å². The maximum Gasteiger partial charge on any atom is 0.276 e. The summed E-state index contributed by atoms with van der Waals surface area (Å²) in [6.45, 7) is 3.20. The molecule has 0 aromatic carbocycles. The summed E-state index contributed by atoms with van der Waals surface area (Å²) in [6.07, 6.45) is 2.51. The summed E-state index contributed by atoms with van der Waals surface area (Å²) in [7, 11) is 0. The number of furan rings is 1. The van der Waals surface area contributed by atoms with Crippen LogP contribution < -0.4 is 5.32 Å². The van der Waals surface area contributed by atoms with Crippen LogP contribution in [0.2, 0.25) is 0 Å². The van der Waals surface area contributed by atoms with Gasteiger partial charge in [0.1, 0.15) is 0 Å². The molecule has 0 radical (unpaired) electrons. The highest BCUT2D eigenvalue weighted by Crippen LogP contribution is 2.21. The fourth-order valence-corrected chi connectivity index (χ4v) is 2.12. The number of carbonyl (C=O) groups is 1. The second-order valence-electron chi connectivity index (χ2n) is 4.45. The Morgan fingerprint density at radius 1 is 1.30 bits per heavy atom. The summed E-state index contributed by atoms with van der Waals surface area (Å²) in [6, 6.07) is 5.16. The molecule has 2 aromatic rings. The first-order valence-electron chi connectivity index (χ1n) is 6.35. The molecule has 3 rings (SSSR count). The first-order valence-corrected chi connectivity index (χ1v) is 6.35. The van der Waals surface area contributed by atoms with E-state index in [0.717, 1.165) is 26.1 Å². The van der Waals surface area contributed by atoms with Crippen molar-refractivity contribution < 1.29 is 13.7 Å². The van der Waals surface area contributed by atoms with Crippen LogP contribution in [0.4, 0.5) is 0 Å². The van der Waals surface area contributed by atoms with Crippen LogP contribution in [0, 0.1) is 0 Å². The summed E-state index contributed by atoms with van der Waals surface area (Å²) in [5, 5.41) is 7.09. The van der Waals surface area contributed by atoms with Crippen molar-refractivity contribution in [3.63, 3.8) is 0 Å². The highest BCUT2D eigenvalue weighted by Gasteiger charge is 2.21. The molecule has 6 nitrogen and oxygen atoms in total. The molecule has 108 valence electrons. The normalized spacial score (nSPS) is 15.5. The molecule has 0 bridgehead atoms. The van der Waals surface area contributed by atoms with E-state index in [2.05, 4.69) is 10.5 Å². The number of halogens is 1. The molecule has 0 spiro atoms. The van der Waals surface area contributed by atoms with Gasteiger partial charge in [-0.15, -0.1) is 12.4 Å². The van der Waals surface area contributed by atoms with Crippen LogP contribution in [0.15, 0.2) is 33.4 Å². The minimum absolute atomic E-state index is 0. The minimum atomic E-state index is -0.0924. The molecule has 3 heterocycles. The van der Waals surface area contributed by atoms with E-state index in [-0.39, 0.29) is 18.3 Å². The van der Waals surface area contributed by atoms with Crippen molar-refractivity contribution >= 4 is 18.3 Å². The SMILES string of the molecule is Cl.O=C(c1cc(-c2ccco2)on1)N1CCCNCC1. The predicted molar refractivity (Wildman–Crippen MR) is 74.8 cm³/mol. The third-order valence-electron chi connectivity index (χ3n) is 3.12. The van der Waals surface area contributed by atoms with Crippen molar-refractivity contribution in [1.29, 1.82) is 0 Å². The van der Waals surface area contributed by atoms with Crippen LogP contribution in [-0.2, 0) is 0 Å². The van der Waals surface area contributed by atoms with Crippen LogP contribution in [-0.4, -0.2) is 42.1 Å². The zero-order chi connectivity index (χ0) is 13.1. The number of nitrogens with one attached hydrogen (secondary N) is 1. The first kappa shape index (κ1) is 14.6. The highest BCUT2D eigenvalue weighted by molar-refractivity contribution is 5.93. The summed E-state index contributed by atoms with van der Waals surface area (Å²) in [5.74, 6) is 0.954. The van der Waals surface area contributed by atoms with Crippen molar-refractivity contribution in [1.82, 2.24) is 15.4 Å².